The Bertz CT molecular complexity index is 994. The quantitative estimate of drug-likeness (QED) is 0.337. The van der Waals surface area contributed by atoms with Crippen LogP contribution in [0.3, 0.4) is 0 Å². The molecule has 0 radical (unpaired) electrons. The van der Waals surface area contributed by atoms with Crippen molar-refractivity contribution in [1.29, 1.82) is 0 Å². The molecule has 3 amide bonds. The highest BCUT2D eigenvalue weighted by Gasteiger charge is 2.25. The first-order chi connectivity index (χ1) is 14.1. The molecule has 0 bridgehead atoms. The van der Waals surface area contributed by atoms with Gasteiger partial charge in [0.1, 0.15) is 6.04 Å². The van der Waals surface area contributed by atoms with Crippen molar-refractivity contribution < 1.29 is 29.4 Å². The van der Waals surface area contributed by atoms with Crippen LogP contribution in [-0.4, -0.2) is 40.1 Å². The van der Waals surface area contributed by atoms with Crippen LogP contribution in [0.15, 0.2) is 36.4 Å². The number of benzene rings is 2. The van der Waals surface area contributed by atoms with E-state index >= 15 is 0 Å². The number of carboxylic acid groups (broad SMARTS) is 2. The number of aryl methyl sites for hydroxylation is 1. The van der Waals surface area contributed by atoms with Gasteiger partial charge in [0.05, 0.1) is 28.4 Å². The van der Waals surface area contributed by atoms with Crippen LogP contribution in [0.25, 0.3) is 0 Å². The number of para-hydroxylation sites is 1. The smallest absolute Gasteiger partial charge is 0.326 e. The van der Waals surface area contributed by atoms with Crippen molar-refractivity contribution in [2.24, 2.45) is 0 Å². The van der Waals surface area contributed by atoms with Crippen LogP contribution < -0.4 is 16.0 Å². The Labute approximate surface area is 189 Å². The number of hydrogen-bond acceptors (Lipinski definition) is 4. The van der Waals surface area contributed by atoms with Crippen molar-refractivity contribution in [3.05, 3.63) is 56.1 Å². The van der Waals surface area contributed by atoms with E-state index in [0.29, 0.717) is 14.3 Å². The Balaban J connectivity index is 2.24. The number of nitrogens with one attached hydrogen (secondary N) is 3. The lowest BCUT2D eigenvalue weighted by Gasteiger charge is -2.16. The Morgan fingerprint density at radius 3 is 2.40 bits per heavy atom. The first kappa shape index (κ1) is 23.4. The maximum Gasteiger partial charge on any atom is 0.326 e. The number of hydrogen-bond donors (Lipinski definition) is 5. The third-order valence-electron chi connectivity index (χ3n) is 3.92. The molecule has 5 N–H and O–H groups in total. The zero-order chi connectivity index (χ0) is 22.4. The van der Waals surface area contributed by atoms with Crippen molar-refractivity contribution in [2.45, 2.75) is 19.4 Å². The third-order valence-corrected chi connectivity index (χ3v) is 4.90. The van der Waals surface area contributed by atoms with E-state index in [1.165, 1.54) is 12.1 Å². The summed E-state index contributed by atoms with van der Waals surface area (Å²) in [6, 6.07) is 7.37. The van der Waals surface area contributed by atoms with Crippen LogP contribution in [-0.2, 0) is 9.59 Å². The molecule has 30 heavy (non-hydrogen) atoms. The summed E-state index contributed by atoms with van der Waals surface area (Å²) in [5.74, 6) is -3.71. The average molecular weight is 546 g/mol. The normalized spacial score (nSPS) is 11.3. The van der Waals surface area contributed by atoms with Crippen molar-refractivity contribution in [1.82, 2.24) is 5.32 Å². The largest absolute Gasteiger partial charge is 0.481 e. The minimum absolute atomic E-state index is 0.0235. The topological polar surface area (TPSA) is 145 Å². The molecule has 158 valence electrons. The number of anilines is 2. The van der Waals surface area contributed by atoms with Gasteiger partial charge in [-0.05, 0) is 59.3 Å². The number of carbonyl (C=O) groups excluding carboxylic acids is 2. The molecule has 0 saturated heterocycles. The monoisotopic (exact) mass is 545 g/mol. The van der Waals surface area contributed by atoms with Gasteiger partial charge in [-0.3, -0.25) is 9.59 Å². The molecule has 2 aromatic rings. The number of rotatable bonds is 7. The number of carboxylic acids is 2. The highest BCUT2D eigenvalue weighted by Crippen LogP contribution is 2.26. The van der Waals surface area contributed by atoms with Crippen LogP contribution in [0.5, 0.6) is 0 Å². The van der Waals surface area contributed by atoms with E-state index in [9.17, 15) is 19.2 Å². The van der Waals surface area contributed by atoms with E-state index in [1.54, 1.807) is 31.2 Å². The second-order valence-electron chi connectivity index (χ2n) is 6.16. The predicted octanol–water partition coefficient (Wildman–Crippen LogP) is 3.55. The van der Waals surface area contributed by atoms with Gasteiger partial charge >= 0.3 is 18.0 Å². The van der Waals surface area contributed by atoms with Gasteiger partial charge in [-0.15, -0.1) is 0 Å². The zero-order valence-electron chi connectivity index (χ0n) is 15.5. The minimum atomic E-state index is -1.62. The van der Waals surface area contributed by atoms with Crippen LogP contribution in [0.4, 0.5) is 16.2 Å². The zero-order valence-corrected chi connectivity index (χ0v) is 18.4. The molecule has 9 nitrogen and oxygen atoms in total. The average Bonchev–Trinajstić information content (AvgIpc) is 2.65. The molecule has 0 aliphatic rings. The molecule has 0 unspecified atom stereocenters. The number of carbonyl (C=O) groups is 4. The van der Waals surface area contributed by atoms with Crippen molar-refractivity contribution in [2.75, 3.05) is 10.6 Å². The summed E-state index contributed by atoms with van der Waals surface area (Å²) in [5.41, 5.74) is 1.22. The highest BCUT2D eigenvalue weighted by molar-refractivity contribution is 14.1. The summed E-state index contributed by atoms with van der Waals surface area (Å²) >= 11 is 8.04. The third kappa shape index (κ3) is 6.32. The Hall–Kier alpha value is -2.86. The van der Waals surface area contributed by atoms with Gasteiger partial charge in [-0.1, -0.05) is 23.7 Å². The van der Waals surface area contributed by atoms with Gasteiger partial charge in [-0.25, -0.2) is 9.59 Å². The lowest BCUT2D eigenvalue weighted by Crippen LogP contribution is -2.42. The number of urea groups is 1. The van der Waals surface area contributed by atoms with Crippen LogP contribution >= 0.6 is 34.2 Å². The molecular weight excluding hydrogens is 529 g/mol. The fourth-order valence-corrected chi connectivity index (χ4v) is 3.24. The summed E-state index contributed by atoms with van der Waals surface area (Å²) in [4.78, 5) is 47.1. The van der Waals surface area contributed by atoms with E-state index in [2.05, 4.69) is 16.0 Å². The molecule has 1 atom stereocenters. The van der Waals surface area contributed by atoms with Gasteiger partial charge in [0, 0.05) is 3.57 Å². The molecule has 0 spiro atoms. The molecule has 11 heteroatoms. The summed E-state index contributed by atoms with van der Waals surface area (Å²) in [5, 5.41) is 25.6. The fourth-order valence-electron chi connectivity index (χ4n) is 2.48. The van der Waals surface area contributed by atoms with E-state index in [1.807, 2.05) is 22.6 Å². The van der Waals surface area contributed by atoms with Gasteiger partial charge in [0.25, 0.3) is 5.91 Å². The van der Waals surface area contributed by atoms with Gasteiger partial charge in [0.2, 0.25) is 0 Å². The van der Waals surface area contributed by atoms with E-state index < -0.39 is 36.3 Å². The molecule has 2 rings (SSSR count). The van der Waals surface area contributed by atoms with Gasteiger partial charge < -0.3 is 26.2 Å². The van der Waals surface area contributed by atoms with E-state index in [-0.39, 0.29) is 11.3 Å². The first-order valence-electron chi connectivity index (χ1n) is 8.46. The van der Waals surface area contributed by atoms with Gasteiger partial charge in [-0.2, -0.15) is 0 Å². The lowest BCUT2D eigenvalue weighted by atomic mass is 10.1. The number of amides is 3. The molecule has 0 aromatic heterocycles. The molecule has 0 fully saturated rings. The van der Waals surface area contributed by atoms with Crippen molar-refractivity contribution in [3.8, 4) is 0 Å². The van der Waals surface area contributed by atoms with Gasteiger partial charge in [0.15, 0.2) is 0 Å². The Morgan fingerprint density at radius 1 is 1.10 bits per heavy atom. The van der Waals surface area contributed by atoms with Crippen LogP contribution in [0.1, 0.15) is 22.3 Å². The van der Waals surface area contributed by atoms with Crippen LogP contribution in [0.2, 0.25) is 5.02 Å². The summed E-state index contributed by atoms with van der Waals surface area (Å²) in [7, 11) is 0. The summed E-state index contributed by atoms with van der Waals surface area (Å²) < 4.78 is 0.649. The summed E-state index contributed by atoms with van der Waals surface area (Å²) in [6.07, 6.45) is -0.792. The molecule has 0 saturated carbocycles. The Morgan fingerprint density at radius 2 is 1.80 bits per heavy atom. The lowest BCUT2D eigenvalue weighted by molar-refractivity contribution is -0.145. The predicted molar refractivity (Wildman–Crippen MR) is 119 cm³/mol. The van der Waals surface area contributed by atoms with Crippen molar-refractivity contribution >= 4 is 69.4 Å². The SMILES string of the molecule is Cc1cccc(Cl)c1NC(=O)Nc1ccc(I)cc1C(=O)N[C@@H](CC(=O)O)C(=O)O. The van der Waals surface area contributed by atoms with Crippen LogP contribution in [0, 0.1) is 10.5 Å². The Kier molecular flexibility index (Phi) is 8.00. The maximum atomic E-state index is 12.6. The minimum Gasteiger partial charge on any atom is -0.481 e. The maximum absolute atomic E-state index is 12.6. The second kappa shape index (κ2) is 10.3. The van der Waals surface area contributed by atoms with Crippen molar-refractivity contribution in [3.63, 3.8) is 0 Å². The molecule has 2 aromatic carbocycles. The molecular formula is C19H17ClIN3O6. The second-order valence-corrected chi connectivity index (χ2v) is 7.82. The molecule has 0 aliphatic carbocycles. The fraction of sp³-hybridized carbons (Fsp3) is 0.158. The molecule has 0 aliphatic heterocycles. The van der Waals surface area contributed by atoms with E-state index in [4.69, 9.17) is 21.8 Å². The standard InChI is InChI=1S/C19H17ClIN3O6/c1-9-3-2-4-12(20)16(9)24-19(30)23-13-6-5-10(21)7-11(13)17(27)22-14(18(28)29)8-15(25)26/h2-7,14H,8H2,1H3,(H,22,27)(H,25,26)(H,28,29)(H2,23,24,30)/t14-/m0/s1. The molecule has 0 heterocycles. The number of aliphatic carboxylic acids is 2. The number of halogens is 2. The summed E-state index contributed by atoms with van der Waals surface area (Å²) in [6.45, 7) is 1.76. The highest BCUT2D eigenvalue weighted by atomic mass is 127. The van der Waals surface area contributed by atoms with E-state index in [0.717, 1.165) is 5.56 Å². The first-order valence-corrected chi connectivity index (χ1v) is 9.92.